The van der Waals surface area contributed by atoms with Crippen LogP contribution >= 0.6 is 0 Å². The fourth-order valence-corrected chi connectivity index (χ4v) is 2.71. The normalized spacial score (nSPS) is 13.0. The zero-order chi connectivity index (χ0) is 17.6. The first-order valence-electron chi connectivity index (χ1n) is 7.90. The van der Waals surface area contributed by atoms with E-state index in [9.17, 15) is 9.59 Å². The lowest BCUT2D eigenvalue weighted by atomic mass is 10.1. The molecule has 1 aliphatic carbocycles. The molecule has 1 N–H and O–H groups in total. The van der Waals surface area contributed by atoms with Crippen molar-refractivity contribution < 1.29 is 18.7 Å². The minimum Gasteiger partial charge on any atom is -0.465 e. The third-order valence-corrected chi connectivity index (χ3v) is 3.89. The molecule has 1 aliphatic rings. The predicted molar refractivity (Wildman–Crippen MR) is 90.4 cm³/mol. The molecule has 0 radical (unpaired) electrons. The molecule has 6 heteroatoms. The van der Waals surface area contributed by atoms with Crippen molar-refractivity contribution in [2.75, 3.05) is 11.9 Å². The van der Waals surface area contributed by atoms with Gasteiger partial charge < -0.3 is 14.5 Å². The first kappa shape index (κ1) is 16.5. The average Bonchev–Trinajstić information content (AvgIpc) is 3.28. The van der Waals surface area contributed by atoms with Gasteiger partial charge in [0, 0.05) is 11.8 Å². The number of carbonyl (C=O) groups is 2. The molecule has 126 valence electrons. The SMILES string of the molecule is N#C/C(=C\c1ccco1)C(=O)OCC(=O)Nc1ccc2c(c1)CCC2. The van der Waals surface area contributed by atoms with Crippen LogP contribution in [-0.4, -0.2) is 18.5 Å². The Morgan fingerprint density at radius 2 is 2.12 bits per heavy atom. The molecule has 1 aromatic carbocycles. The molecule has 1 heterocycles. The molecule has 0 atom stereocenters. The van der Waals surface area contributed by atoms with Crippen LogP contribution in [0.3, 0.4) is 0 Å². The largest absolute Gasteiger partial charge is 0.465 e. The number of rotatable bonds is 5. The van der Waals surface area contributed by atoms with Gasteiger partial charge in [0.25, 0.3) is 5.91 Å². The van der Waals surface area contributed by atoms with Gasteiger partial charge in [0.1, 0.15) is 17.4 Å². The van der Waals surface area contributed by atoms with E-state index < -0.39 is 18.5 Å². The predicted octanol–water partition coefficient (Wildman–Crippen LogP) is 2.86. The maximum atomic E-state index is 11.9. The summed E-state index contributed by atoms with van der Waals surface area (Å²) in [6.07, 6.45) is 5.90. The van der Waals surface area contributed by atoms with E-state index >= 15 is 0 Å². The highest BCUT2D eigenvalue weighted by molar-refractivity contribution is 5.99. The summed E-state index contributed by atoms with van der Waals surface area (Å²) in [5.41, 5.74) is 2.99. The van der Waals surface area contributed by atoms with Crippen LogP contribution in [0.25, 0.3) is 6.08 Å². The van der Waals surface area contributed by atoms with Gasteiger partial charge in [-0.3, -0.25) is 4.79 Å². The molecule has 1 amide bonds. The van der Waals surface area contributed by atoms with Crippen LogP contribution in [0.2, 0.25) is 0 Å². The van der Waals surface area contributed by atoms with Crippen molar-refractivity contribution in [2.45, 2.75) is 19.3 Å². The van der Waals surface area contributed by atoms with Crippen molar-refractivity contribution in [1.82, 2.24) is 0 Å². The minimum atomic E-state index is -0.872. The van der Waals surface area contributed by atoms with Gasteiger partial charge >= 0.3 is 5.97 Å². The fourth-order valence-electron chi connectivity index (χ4n) is 2.71. The van der Waals surface area contributed by atoms with Gasteiger partial charge in [0.05, 0.1) is 6.26 Å². The van der Waals surface area contributed by atoms with Crippen LogP contribution in [0.4, 0.5) is 5.69 Å². The van der Waals surface area contributed by atoms with Gasteiger partial charge in [-0.1, -0.05) is 6.07 Å². The van der Waals surface area contributed by atoms with Crippen LogP contribution < -0.4 is 5.32 Å². The number of hydrogen-bond acceptors (Lipinski definition) is 5. The van der Waals surface area contributed by atoms with Crippen molar-refractivity contribution in [3.8, 4) is 6.07 Å². The number of nitrogens with zero attached hydrogens (tertiary/aromatic N) is 1. The van der Waals surface area contributed by atoms with E-state index in [-0.39, 0.29) is 5.57 Å². The smallest absolute Gasteiger partial charge is 0.349 e. The number of fused-ring (bicyclic) bond motifs is 1. The van der Waals surface area contributed by atoms with Crippen LogP contribution in [-0.2, 0) is 27.2 Å². The van der Waals surface area contributed by atoms with Gasteiger partial charge in [0.2, 0.25) is 0 Å². The minimum absolute atomic E-state index is 0.236. The third kappa shape index (κ3) is 4.15. The molecule has 0 fully saturated rings. The van der Waals surface area contributed by atoms with E-state index in [1.54, 1.807) is 18.2 Å². The molecule has 0 saturated carbocycles. The molecule has 6 nitrogen and oxygen atoms in total. The molecule has 25 heavy (non-hydrogen) atoms. The fraction of sp³-hybridized carbons (Fsp3) is 0.211. The summed E-state index contributed by atoms with van der Waals surface area (Å²) < 4.78 is 9.93. The number of hydrogen-bond donors (Lipinski definition) is 1. The number of ether oxygens (including phenoxy) is 1. The molecule has 3 rings (SSSR count). The lowest BCUT2D eigenvalue weighted by Gasteiger charge is -2.08. The Balaban J connectivity index is 1.55. The number of nitriles is 1. The van der Waals surface area contributed by atoms with Gasteiger partial charge in [-0.25, -0.2) is 4.79 Å². The summed E-state index contributed by atoms with van der Waals surface area (Å²) in [6.45, 7) is -0.465. The molecule has 2 aromatic rings. The van der Waals surface area contributed by atoms with Gasteiger partial charge in [-0.15, -0.1) is 0 Å². The Morgan fingerprint density at radius 1 is 1.28 bits per heavy atom. The molecule has 0 unspecified atom stereocenters. The van der Waals surface area contributed by atoms with E-state index in [0.717, 1.165) is 19.3 Å². The van der Waals surface area contributed by atoms with Crippen molar-refractivity contribution in [2.24, 2.45) is 0 Å². The summed E-state index contributed by atoms with van der Waals surface area (Å²) in [5.74, 6) is -0.972. The topological polar surface area (TPSA) is 92.3 Å². The number of benzene rings is 1. The Labute approximate surface area is 144 Å². The molecule has 0 bridgehead atoms. The van der Waals surface area contributed by atoms with E-state index in [0.29, 0.717) is 11.4 Å². The highest BCUT2D eigenvalue weighted by atomic mass is 16.5. The molecule has 0 spiro atoms. The molecule has 0 saturated heterocycles. The van der Waals surface area contributed by atoms with Crippen molar-refractivity contribution in [3.63, 3.8) is 0 Å². The summed E-state index contributed by atoms with van der Waals surface area (Å²) >= 11 is 0. The van der Waals surface area contributed by atoms with E-state index in [1.165, 1.54) is 23.5 Å². The lowest BCUT2D eigenvalue weighted by molar-refractivity contribution is -0.142. The highest BCUT2D eigenvalue weighted by Crippen LogP contribution is 2.24. The standard InChI is InChI=1S/C19H16N2O4/c20-11-15(10-17-5-2-8-24-17)19(23)25-12-18(22)21-16-7-6-13-3-1-4-14(13)9-16/h2,5-10H,1,3-4,12H2,(H,21,22)/b15-10+. The Bertz CT molecular complexity index is 860. The molecular formula is C19H16N2O4. The monoisotopic (exact) mass is 336 g/mol. The van der Waals surface area contributed by atoms with Gasteiger partial charge in [-0.05, 0) is 54.7 Å². The second-order valence-electron chi connectivity index (χ2n) is 5.65. The van der Waals surface area contributed by atoms with Gasteiger partial charge in [0.15, 0.2) is 6.61 Å². The third-order valence-electron chi connectivity index (χ3n) is 3.89. The lowest BCUT2D eigenvalue weighted by Crippen LogP contribution is -2.21. The van der Waals surface area contributed by atoms with Crippen LogP contribution in [0.1, 0.15) is 23.3 Å². The quantitative estimate of drug-likeness (QED) is 0.515. The van der Waals surface area contributed by atoms with Crippen molar-refractivity contribution in [3.05, 3.63) is 59.1 Å². The highest BCUT2D eigenvalue weighted by Gasteiger charge is 2.15. The van der Waals surface area contributed by atoms with Crippen LogP contribution in [0.15, 0.2) is 46.6 Å². The summed E-state index contributed by atoms with van der Waals surface area (Å²) in [7, 11) is 0. The maximum Gasteiger partial charge on any atom is 0.349 e. The van der Waals surface area contributed by atoms with Crippen molar-refractivity contribution in [1.29, 1.82) is 5.26 Å². The molecule has 1 aromatic heterocycles. The van der Waals surface area contributed by atoms with E-state index in [2.05, 4.69) is 5.32 Å². The second kappa shape index (κ2) is 7.49. The second-order valence-corrected chi connectivity index (χ2v) is 5.65. The van der Waals surface area contributed by atoms with E-state index in [1.807, 2.05) is 18.2 Å². The number of esters is 1. The Morgan fingerprint density at radius 3 is 2.88 bits per heavy atom. The molecule has 0 aliphatic heterocycles. The summed E-state index contributed by atoms with van der Waals surface area (Å²) in [6, 6.07) is 10.8. The maximum absolute atomic E-state index is 11.9. The number of anilines is 1. The summed E-state index contributed by atoms with van der Waals surface area (Å²) in [5, 5.41) is 11.7. The number of amides is 1. The Hall–Kier alpha value is -3.33. The van der Waals surface area contributed by atoms with Gasteiger partial charge in [-0.2, -0.15) is 5.26 Å². The van der Waals surface area contributed by atoms with Crippen molar-refractivity contribution >= 4 is 23.6 Å². The molecular weight excluding hydrogens is 320 g/mol. The zero-order valence-electron chi connectivity index (χ0n) is 13.5. The first-order chi connectivity index (χ1) is 12.2. The zero-order valence-corrected chi connectivity index (χ0v) is 13.5. The average molecular weight is 336 g/mol. The number of nitrogens with one attached hydrogen (secondary N) is 1. The summed E-state index contributed by atoms with van der Waals surface area (Å²) in [4.78, 5) is 23.8. The first-order valence-corrected chi connectivity index (χ1v) is 7.90. The van der Waals surface area contributed by atoms with Crippen LogP contribution in [0.5, 0.6) is 0 Å². The Kier molecular flexibility index (Phi) is 4.95. The number of carbonyl (C=O) groups excluding carboxylic acids is 2. The number of furan rings is 1. The van der Waals surface area contributed by atoms with Crippen LogP contribution in [0, 0.1) is 11.3 Å². The number of aryl methyl sites for hydroxylation is 2. The van der Waals surface area contributed by atoms with E-state index in [4.69, 9.17) is 14.4 Å².